The molecule has 5 aromatic heterocycles. The summed E-state index contributed by atoms with van der Waals surface area (Å²) < 4.78 is 53.8. The zero-order chi connectivity index (χ0) is 25.1. The average Bonchev–Trinajstić information content (AvgIpc) is 3.53. The van der Waals surface area contributed by atoms with E-state index in [0.29, 0.717) is 39.1 Å². The van der Waals surface area contributed by atoms with Gasteiger partial charge in [0.25, 0.3) is 0 Å². The third kappa shape index (κ3) is 3.95. The van der Waals surface area contributed by atoms with Gasteiger partial charge in [-0.3, -0.25) is 0 Å². The van der Waals surface area contributed by atoms with E-state index in [-0.39, 0.29) is 17.7 Å². The number of alkyl halides is 3. The van der Waals surface area contributed by atoms with Gasteiger partial charge in [-0.2, -0.15) is 13.2 Å². The Kier molecular flexibility index (Phi) is 5.20. The number of nitrogens with zero attached hydrogens (tertiary/aromatic N) is 7. The summed E-state index contributed by atoms with van der Waals surface area (Å²) in [5.41, 5.74) is 2.73. The summed E-state index contributed by atoms with van der Waals surface area (Å²) in [4.78, 5) is 4.57. The molecule has 0 bridgehead atoms. The smallest absolute Gasteiger partial charge is 0.384 e. The lowest BCUT2D eigenvalue weighted by Gasteiger charge is -2.22. The molecule has 0 amide bonds. The molecule has 35 heavy (non-hydrogen) atoms. The summed E-state index contributed by atoms with van der Waals surface area (Å²) in [5.74, 6) is 0. The van der Waals surface area contributed by atoms with E-state index in [1.54, 1.807) is 35.5 Å². The van der Waals surface area contributed by atoms with Gasteiger partial charge in [0.15, 0.2) is 0 Å². The molecule has 0 spiro atoms. The Morgan fingerprint density at radius 3 is 2.57 bits per heavy atom. The number of aliphatic hydroxyl groups is 1. The van der Waals surface area contributed by atoms with Crippen LogP contribution in [0.4, 0.5) is 13.2 Å². The summed E-state index contributed by atoms with van der Waals surface area (Å²) in [6.45, 7) is 4.86. The fourth-order valence-corrected chi connectivity index (χ4v) is 4.43. The second-order valence-electron chi connectivity index (χ2n) is 9.00. The first-order valence-corrected chi connectivity index (χ1v) is 10.8. The van der Waals surface area contributed by atoms with E-state index in [4.69, 9.17) is 9.05 Å². The number of pyridine rings is 1. The van der Waals surface area contributed by atoms with Crippen LogP contribution in [0, 0.1) is 6.92 Å². The van der Waals surface area contributed by atoms with Gasteiger partial charge in [0, 0.05) is 30.8 Å². The standard InChI is InChI=1S/C22H22F3N7O3/c1-11-17(31(4)30-28-11)12-7-15-16(26-8-12)19-18(20(29-35-19)21(2,3)33)32(15)14(5-6-22(23,24)25)13-9-27-34-10-13/h7-10,14,33H,5-6H2,1-4H3. The normalized spacial score (nSPS) is 13.8. The van der Waals surface area contributed by atoms with Crippen LogP contribution in [0.1, 0.15) is 49.7 Å². The topological polar surface area (TPSA) is 121 Å². The predicted molar refractivity (Wildman–Crippen MR) is 117 cm³/mol. The van der Waals surface area contributed by atoms with Crippen molar-refractivity contribution in [3.05, 3.63) is 41.7 Å². The zero-order valence-corrected chi connectivity index (χ0v) is 19.3. The molecule has 13 heteroatoms. The molecular weight excluding hydrogens is 467 g/mol. The first kappa shape index (κ1) is 23.0. The molecule has 0 aromatic carbocycles. The molecule has 1 unspecified atom stereocenters. The maximum Gasteiger partial charge on any atom is 0.389 e. The number of rotatable bonds is 6. The summed E-state index contributed by atoms with van der Waals surface area (Å²) >= 11 is 0. The second-order valence-corrected chi connectivity index (χ2v) is 9.00. The first-order valence-electron chi connectivity index (χ1n) is 10.8. The van der Waals surface area contributed by atoms with E-state index in [0.717, 1.165) is 0 Å². The number of hydrogen-bond donors (Lipinski definition) is 1. The lowest BCUT2D eigenvalue weighted by Crippen LogP contribution is -2.20. The van der Waals surface area contributed by atoms with E-state index >= 15 is 0 Å². The summed E-state index contributed by atoms with van der Waals surface area (Å²) in [6.07, 6.45) is -1.44. The third-order valence-electron chi connectivity index (χ3n) is 5.95. The van der Waals surface area contributed by atoms with Crippen molar-refractivity contribution in [1.82, 2.24) is 34.9 Å². The molecular formula is C22H22F3N7O3. The molecule has 0 aliphatic rings. The highest BCUT2D eigenvalue weighted by Gasteiger charge is 2.35. The summed E-state index contributed by atoms with van der Waals surface area (Å²) in [6, 6.07) is 0.942. The van der Waals surface area contributed by atoms with Crippen molar-refractivity contribution in [2.75, 3.05) is 0 Å². The fourth-order valence-electron chi connectivity index (χ4n) is 4.43. The van der Waals surface area contributed by atoms with Crippen molar-refractivity contribution in [2.45, 2.75) is 51.4 Å². The Morgan fingerprint density at radius 2 is 1.97 bits per heavy atom. The molecule has 5 heterocycles. The van der Waals surface area contributed by atoms with Crippen molar-refractivity contribution in [3.8, 4) is 11.3 Å². The van der Waals surface area contributed by atoms with E-state index in [1.165, 1.54) is 26.3 Å². The molecule has 0 fully saturated rings. The van der Waals surface area contributed by atoms with E-state index in [1.807, 2.05) is 0 Å². The second kappa shape index (κ2) is 7.90. The molecule has 0 aliphatic carbocycles. The van der Waals surface area contributed by atoms with E-state index in [9.17, 15) is 18.3 Å². The maximum atomic E-state index is 13.3. The molecule has 10 nitrogen and oxygen atoms in total. The molecule has 1 atom stereocenters. The van der Waals surface area contributed by atoms with E-state index in [2.05, 4.69) is 25.6 Å². The van der Waals surface area contributed by atoms with Crippen LogP contribution in [-0.2, 0) is 12.6 Å². The minimum Gasteiger partial charge on any atom is -0.384 e. The van der Waals surface area contributed by atoms with Crippen molar-refractivity contribution in [3.63, 3.8) is 0 Å². The van der Waals surface area contributed by atoms with Crippen LogP contribution in [0.2, 0.25) is 0 Å². The largest absolute Gasteiger partial charge is 0.389 e. The average molecular weight is 489 g/mol. The predicted octanol–water partition coefficient (Wildman–Crippen LogP) is 4.43. The van der Waals surface area contributed by atoms with Gasteiger partial charge < -0.3 is 18.7 Å². The molecule has 0 radical (unpaired) electrons. The Hall–Kier alpha value is -3.74. The quantitative estimate of drug-likeness (QED) is 0.372. The highest BCUT2D eigenvalue weighted by molar-refractivity contribution is 6.04. The van der Waals surface area contributed by atoms with Crippen LogP contribution < -0.4 is 0 Å². The number of aromatic nitrogens is 7. The number of hydrogen-bond acceptors (Lipinski definition) is 8. The Labute approximate surface area is 196 Å². The van der Waals surface area contributed by atoms with Gasteiger partial charge in [0.1, 0.15) is 28.6 Å². The summed E-state index contributed by atoms with van der Waals surface area (Å²) in [5, 5.41) is 26.6. The lowest BCUT2D eigenvalue weighted by molar-refractivity contribution is -0.136. The van der Waals surface area contributed by atoms with Crippen molar-refractivity contribution >= 4 is 22.1 Å². The molecule has 0 saturated heterocycles. The molecule has 184 valence electrons. The van der Waals surface area contributed by atoms with Crippen LogP contribution in [0.15, 0.2) is 33.8 Å². The van der Waals surface area contributed by atoms with E-state index < -0.39 is 24.2 Å². The minimum absolute atomic E-state index is 0.180. The Bertz CT molecular complexity index is 1490. The molecule has 5 rings (SSSR count). The van der Waals surface area contributed by atoms with Crippen molar-refractivity contribution in [1.29, 1.82) is 0 Å². The Morgan fingerprint density at radius 1 is 1.20 bits per heavy atom. The van der Waals surface area contributed by atoms with Gasteiger partial charge in [0.2, 0.25) is 5.58 Å². The van der Waals surface area contributed by atoms with Crippen LogP contribution in [0.5, 0.6) is 0 Å². The first-order chi connectivity index (χ1) is 16.5. The molecule has 0 aliphatic heterocycles. The number of fused-ring (bicyclic) bond motifs is 3. The van der Waals surface area contributed by atoms with Gasteiger partial charge in [-0.1, -0.05) is 15.5 Å². The van der Waals surface area contributed by atoms with Gasteiger partial charge in [-0.25, -0.2) is 9.67 Å². The van der Waals surface area contributed by atoms with Gasteiger partial charge in [0.05, 0.1) is 29.1 Å². The van der Waals surface area contributed by atoms with Gasteiger partial charge >= 0.3 is 6.18 Å². The maximum absolute atomic E-state index is 13.3. The van der Waals surface area contributed by atoms with Crippen LogP contribution in [0.3, 0.4) is 0 Å². The highest BCUT2D eigenvalue weighted by atomic mass is 19.4. The van der Waals surface area contributed by atoms with Crippen LogP contribution in [0.25, 0.3) is 33.4 Å². The third-order valence-corrected chi connectivity index (χ3v) is 5.95. The number of halogens is 3. The Balaban J connectivity index is 1.84. The van der Waals surface area contributed by atoms with Crippen LogP contribution >= 0.6 is 0 Å². The van der Waals surface area contributed by atoms with Crippen molar-refractivity contribution in [2.24, 2.45) is 7.05 Å². The molecule has 1 N–H and O–H groups in total. The minimum atomic E-state index is -4.38. The van der Waals surface area contributed by atoms with Gasteiger partial charge in [-0.15, -0.1) is 5.10 Å². The molecule has 0 saturated carbocycles. The zero-order valence-electron chi connectivity index (χ0n) is 19.3. The highest BCUT2D eigenvalue weighted by Crippen LogP contribution is 2.41. The molecule has 5 aromatic rings. The lowest BCUT2D eigenvalue weighted by atomic mass is 10.0. The van der Waals surface area contributed by atoms with Crippen molar-refractivity contribution < 1.29 is 27.3 Å². The SMILES string of the molecule is Cc1nnn(C)c1-c1cnc2c3onc(C(C)(C)O)c3n(C(CCC(F)(F)F)c3cnoc3)c2c1. The fraction of sp³-hybridized carbons (Fsp3) is 0.409. The number of aryl methyl sites for hydroxylation is 2. The summed E-state index contributed by atoms with van der Waals surface area (Å²) in [7, 11) is 1.74. The van der Waals surface area contributed by atoms with Crippen LogP contribution in [-0.4, -0.2) is 46.1 Å². The van der Waals surface area contributed by atoms with Gasteiger partial charge in [-0.05, 0) is 33.3 Å². The monoisotopic (exact) mass is 489 g/mol.